The quantitative estimate of drug-likeness (QED) is 0.881. The van der Waals surface area contributed by atoms with E-state index in [-0.39, 0.29) is 11.9 Å². The van der Waals surface area contributed by atoms with Crippen LogP contribution in [0.5, 0.6) is 17.2 Å². The van der Waals surface area contributed by atoms with Crippen molar-refractivity contribution < 1.29 is 19.0 Å². The molecule has 128 valence electrons. The summed E-state index contributed by atoms with van der Waals surface area (Å²) in [4.78, 5) is 12.5. The zero-order valence-electron chi connectivity index (χ0n) is 14.7. The van der Waals surface area contributed by atoms with Crippen molar-refractivity contribution in [3.63, 3.8) is 0 Å². The van der Waals surface area contributed by atoms with Crippen molar-refractivity contribution in [3.05, 3.63) is 53.1 Å². The summed E-state index contributed by atoms with van der Waals surface area (Å²) in [5.41, 5.74) is 2.36. The van der Waals surface area contributed by atoms with Crippen LogP contribution in [0.1, 0.15) is 34.5 Å². The van der Waals surface area contributed by atoms with E-state index in [9.17, 15) is 4.79 Å². The van der Waals surface area contributed by atoms with Gasteiger partial charge in [-0.15, -0.1) is 0 Å². The summed E-state index contributed by atoms with van der Waals surface area (Å²) in [6.45, 7) is 3.82. The first-order chi connectivity index (χ1) is 11.5. The molecule has 0 aliphatic carbocycles. The van der Waals surface area contributed by atoms with E-state index in [1.165, 1.54) is 0 Å². The maximum atomic E-state index is 12.5. The van der Waals surface area contributed by atoms with Crippen molar-refractivity contribution in [2.75, 3.05) is 21.3 Å². The Bertz CT molecular complexity index is 727. The Hall–Kier alpha value is -2.69. The van der Waals surface area contributed by atoms with Crippen LogP contribution in [0.2, 0.25) is 0 Å². The smallest absolute Gasteiger partial charge is 0.251 e. The molecule has 24 heavy (non-hydrogen) atoms. The number of amides is 1. The van der Waals surface area contributed by atoms with Gasteiger partial charge in [-0.05, 0) is 55.8 Å². The minimum atomic E-state index is -0.232. The van der Waals surface area contributed by atoms with Gasteiger partial charge in [0, 0.05) is 11.1 Å². The minimum absolute atomic E-state index is 0.155. The first-order valence-electron chi connectivity index (χ1n) is 7.67. The van der Waals surface area contributed by atoms with Gasteiger partial charge in [0.15, 0.2) is 0 Å². The maximum absolute atomic E-state index is 12.5. The Morgan fingerprint density at radius 2 is 1.62 bits per heavy atom. The van der Waals surface area contributed by atoms with Gasteiger partial charge >= 0.3 is 0 Å². The van der Waals surface area contributed by atoms with Gasteiger partial charge in [0.1, 0.15) is 17.2 Å². The molecule has 2 aromatic rings. The predicted octanol–water partition coefficient (Wildman–Crippen LogP) is 3.51. The van der Waals surface area contributed by atoms with E-state index >= 15 is 0 Å². The van der Waals surface area contributed by atoms with Gasteiger partial charge in [0.25, 0.3) is 5.91 Å². The molecule has 1 atom stereocenters. The van der Waals surface area contributed by atoms with Crippen LogP contribution in [0.4, 0.5) is 0 Å². The lowest BCUT2D eigenvalue weighted by Crippen LogP contribution is -2.27. The van der Waals surface area contributed by atoms with Gasteiger partial charge in [0.05, 0.1) is 27.4 Å². The second-order valence-corrected chi connectivity index (χ2v) is 5.49. The van der Waals surface area contributed by atoms with Gasteiger partial charge in [0.2, 0.25) is 0 Å². The van der Waals surface area contributed by atoms with Crippen LogP contribution >= 0.6 is 0 Å². The van der Waals surface area contributed by atoms with E-state index in [0.717, 1.165) is 16.9 Å². The number of carbonyl (C=O) groups is 1. The van der Waals surface area contributed by atoms with E-state index in [1.807, 2.05) is 38.1 Å². The highest BCUT2D eigenvalue weighted by Crippen LogP contribution is 2.29. The normalized spacial score (nSPS) is 11.5. The molecule has 0 fully saturated rings. The molecule has 0 aromatic heterocycles. The first kappa shape index (κ1) is 17.7. The third-order valence-electron chi connectivity index (χ3n) is 3.91. The van der Waals surface area contributed by atoms with Crippen LogP contribution in [0.3, 0.4) is 0 Å². The van der Waals surface area contributed by atoms with Crippen LogP contribution in [0.25, 0.3) is 0 Å². The van der Waals surface area contributed by atoms with Gasteiger partial charge in [-0.1, -0.05) is 0 Å². The zero-order chi connectivity index (χ0) is 17.7. The molecule has 2 rings (SSSR count). The monoisotopic (exact) mass is 329 g/mol. The average molecular weight is 329 g/mol. The molecule has 5 heteroatoms. The van der Waals surface area contributed by atoms with E-state index < -0.39 is 0 Å². The highest BCUT2D eigenvalue weighted by Gasteiger charge is 2.16. The molecule has 0 saturated carbocycles. The lowest BCUT2D eigenvalue weighted by atomic mass is 10.1. The number of benzene rings is 2. The summed E-state index contributed by atoms with van der Waals surface area (Å²) in [6.07, 6.45) is 0. The van der Waals surface area contributed by atoms with Crippen molar-refractivity contribution in [1.82, 2.24) is 5.32 Å². The molecular weight excluding hydrogens is 306 g/mol. The standard InChI is InChI=1S/C19H23NO4/c1-12-10-14(6-8-17(12)23-4)19(21)20-13(2)16-11-15(22-3)7-9-18(16)24-5/h6-11,13H,1-5H3,(H,20,21)/t13-/m1/s1. The molecule has 0 aliphatic rings. The summed E-state index contributed by atoms with van der Waals surface area (Å²) < 4.78 is 15.9. The van der Waals surface area contributed by atoms with E-state index in [0.29, 0.717) is 17.1 Å². The van der Waals surface area contributed by atoms with E-state index in [2.05, 4.69) is 5.32 Å². The summed E-state index contributed by atoms with van der Waals surface area (Å²) in [5.74, 6) is 2.02. The fourth-order valence-electron chi connectivity index (χ4n) is 2.56. The lowest BCUT2D eigenvalue weighted by molar-refractivity contribution is 0.0939. The number of hydrogen-bond acceptors (Lipinski definition) is 4. The molecule has 0 spiro atoms. The summed E-state index contributed by atoms with van der Waals surface area (Å²) in [5, 5.41) is 2.99. The van der Waals surface area contributed by atoms with Crippen LogP contribution in [0, 0.1) is 6.92 Å². The highest BCUT2D eigenvalue weighted by molar-refractivity contribution is 5.94. The number of rotatable bonds is 6. The Morgan fingerprint density at radius 3 is 2.21 bits per heavy atom. The third kappa shape index (κ3) is 3.79. The Morgan fingerprint density at radius 1 is 0.958 bits per heavy atom. The van der Waals surface area contributed by atoms with Crippen LogP contribution in [-0.4, -0.2) is 27.2 Å². The third-order valence-corrected chi connectivity index (χ3v) is 3.91. The maximum Gasteiger partial charge on any atom is 0.251 e. The minimum Gasteiger partial charge on any atom is -0.497 e. The number of hydrogen-bond donors (Lipinski definition) is 1. The molecule has 0 heterocycles. The molecule has 0 unspecified atom stereocenters. The summed E-state index contributed by atoms with van der Waals surface area (Å²) >= 11 is 0. The fraction of sp³-hybridized carbons (Fsp3) is 0.316. The van der Waals surface area contributed by atoms with Gasteiger partial charge in [-0.3, -0.25) is 4.79 Å². The van der Waals surface area contributed by atoms with Crippen molar-refractivity contribution >= 4 is 5.91 Å². The topological polar surface area (TPSA) is 56.8 Å². The Balaban J connectivity index is 2.21. The number of ether oxygens (including phenoxy) is 3. The molecule has 0 bridgehead atoms. The number of nitrogens with one attached hydrogen (secondary N) is 1. The lowest BCUT2D eigenvalue weighted by Gasteiger charge is -2.18. The largest absolute Gasteiger partial charge is 0.497 e. The van der Waals surface area contributed by atoms with Gasteiger partial charge < -0.3 is 19.5 Å². The van der Waals surface area contributed by atoms with Crippen LogP contribution < -0.4 is 19.5 Å². The molecule has 0 saturated heterocycles. The second kappa shape index (κ2) is 7.73. The van der Waals surface area contributed by atoms with E-state index in [1.54, 1.807) is 33.5 Å². The molecule has 1 amide bonds. The fourth-order valence-corrected chi connectivity index (χ4v) is 2.56. The molecule has 0 aliphatic heterocycles. The number of methoxy groups -OCH3 is 3. The number of carbonyl (C=O) groups excluding carboxylic acids is 1. The van der Waals surface area contributed by atoms with Crippen LogP contribution in [-0.2, 0) is 0 Å². The van der Waals surface area contributed by atoms with Gasteiger partial charge in [-0.25, -0.2) is 0 Å². The first-order valence-corrected chi connectivity index (χ1v) is 7.67. The molecule has 0 radical (unpaired) electrons. The van der Waals surface area contributed by atoms with Gasteiger partial charge in [-0.2, -0.15) is 0 Å². The zero-order valence-corrected chi connectivity index (χ0v) is 14.7. The van der Waals surface area contributed by atoms with Crippen molar-refractivity contribution in [1.29, 1.82) is 0 Å². The summed E-state index contributed by atoms with van der Waals surface area (Å²) in [6, 6.07) is 10.6. The second-order valence-electron chi connectivity index (χ2n) is 5.49. The molecule has 1 N–H and O–H groups in total. The average Bonchev–Trinajstić information content (AvgIpc) is 2.60. The molecule has 5 nitrogen and oxygen atoms in total. The van der Waals surface area contributed by atoms with Crippen molar-refractivity contribution in [2.45, 2.75) is 19.9 Å². The molecule has 2 aromatic carbocycles. The Kier molecular flexibility index (Phi) is 5.68. The van der Waals surface area contributed by atoms with Crippen molar-refractivity contribution in [2.24, 2.45) is 0 Å². The number of aryl methyl sites for hydroxylation is 1. The SMILES string of the molecule is COc1ccc(OC)c([C@@H](C)NC(=O)c2ccc(OC)c(C)c2)c1. The Labute approximate surface area is 142 Å². The summed E-state index contributed by atoms with van der Waals surface area (Å²) in [7, 11) is 4.82. The molecular formula is C19H23NO4. The van der Waals surface area contributed by atoms with Crippen LogP contribution in [0.15, 0.2) is 36.4 Å². The predicted molar refractivity (Wildman–Crippen MR) is 93.2 cm³/mol. The van der Waals surface area contributed by atoms with E-state index in [4.69, 9.17) is 14.2 Å². The highest BCUT2D eigenvalue weighted by atomic mass is 16.5. The van der Waals surface area contributed by atoms with Crippen molar-refractivity contribution in [3.8, 4) is 17.2 Å².